The van der Waals surface area contributed by atoms with Gasteiger partial charge in [0.15, 0.2) is 0 Å². The van der Waals surface area contributed by atoms with Gasteiger partial charge >= 0.3 is 5.97 Å². The molecular formula is C14H20FNO2. The fourth-order valence-corrected chi connectivity index (χ4v) is 1.87. The molecule has 0 radical (unpaired) electrons. The highest BCUT2D eigenvalue weighted by Gasteiger charge is 2.23. The topological polar surface area (TPSA) is 49.3 Å². The predicted octanol–water partition coefficient (Wildman–Crippen LogP) is 2.56. The summed E-state index contributed by atoms with van der Waals surface area (Å²) >= 11 is 0. The van der Waals surface area contributed by atoms with E-state index in [1.54, 1.807) is 12.1 Å². The van der Waals surface area contributed by atoms with Gasteiger partial charge in [-0.2, -0.15) is 0 Å². The summed E-state index contributed by atoms with van der Waals surface area (Å²) in [7, 11) is 0. The molecule has 100 valence electrons. The van der Waals surface area contributed by atoms with Gasteiger partial charge in [-0.1, -0.05) is 32.0 Å². The predicted molar refractivity (Wildman–Crippen MR) is 69.2 cm³/mol. The molecule has 0 amide bonds. The molecule has 0 aliphatic rings. The van der Waals surface area contributed by atoms with Gasteiger partial charge in [-0.3, -0.25) is 4.79 Å². The molecule has 0 aliphatic carbocycles. The van der Waals surface area contributed by atoms with E-state index in [9.17, 15) is 9.18 Å². The first-order chi connectivity index (χ1) is 8.43. The Hall–Kier alpha value is -1.42. The third kappa shape index (κ3) is 4.45. The second-order valence-electron chi connectivity index (χ2n) is 5.04. The fraction of sp³-hybridized carbons (Fsp3) is 0.500. The van der Waals surface area contributed by atoms with Crippen molar-refractivity contribution in [3.8, 4) is 0 Å². The third-order valence-corrected chi connectivity index (χ3v) is 2.91. The number of nitrogens with one attached hydrogen (secondary N) is 1. The molecule has 0 bridgehead atoms. The van der Waals surface area contributed by atoms with Crippen LogP contribution in [0.4, 0.5) is 4.39 Å². The number of carboxylic acid groups (broad SMARTS) is 1. The van der Waals surface area contributed by atoms with E-state index < -0.39 is 5.97 Å². The Morgan fingerprint density at radius 1 is 1.39 bits per heavy atom. The van der Waals surface area contributed by atoms with Crippen LogP contribution >= 0.6 is 0 Å². The molecule has 3 nitrogen and oxygen atoms in total. The molecular weight excluding hydrogens is 233 g/mol. The average molecular weight is 253 g/mol. The minimum absolute atomic E-state index is 0.160. The van der Waals surface area contributed by atoms with Crippen molar-refractivity contribution in [2.75, 3.05) is 13.1 Å². The Kier molecular flexibility index (Phi) is 5.28. The van der Waals surface area contributed by atoms with Crippen molar-refractivity contribution in [1.82, 2.24) is 5.32 Å². The summed E-state index contributed by atoms with van der Waals surface area (Å²) in [5.41, 5.74) is 0.366. The van der Waals surface area contributed by atoms with Crippen LogP contribution in [-0.2, 0) is 10.2 Å². The van der Waals surface area contributed by atoms with Crippen LogP contribution in [-0.4, -0.2) is 24.2 Å². The maximum Gasteiger partial charge on any atom is 0.303 e. The monoisotopic (exact) mass is 253 g/mol. The molecule has 2 N–H and O–H groups in total. The first kappa shape index (κ1) is 14.6. The SMILES string of the molecule is CC(C)(CNCCCC(=O)O)c1ccccc1F. The summed E-state index contributed by atoms with van der Waals surface area (Å²) in [4.78, 5) is 10.3. The zero-order chi connectivity index (χ0) is 13.6. The lowest BCUT2D eigenvalue weighted by atomic mass is 9.84. The molecule has 0 aliphatic heterocycles. The van der Waals surface area contributed by atoms with Crippen molar-refractivity contribution in [3.05, 3.63) is 35.6 Å². The molecule has 0 fully saturated rings. The van der Waals surface area contributed by atoms with Crippen LogP contribution < -0.4 is 5.32 Å². The van der Waals surface area contributed by atoms with Crippen molar-refractivity contribution in [2.45, 2.75) is 32.1 Å². The van der Waals surface area contributed by atoms with Gasteiger partial charge in [-0.15, -0.1) is 0 Å². The standard InChI is InChI=1S/C14H20FNO2/c1-14(2,10-16-9-5-8-13(17)18)11-6-3-4-7-12(11)15/h3-4,6-7,16H,5,8-10H2,1-2H3,(H,17,18). The highest BCUT2D eigenvalue weighted by atomic mass is 19.1. The van der Waals surface area contributed by atoms with Crippen molar-refractivity contribution in [2.24, 2.45) is 0 Å². The first-order valence-corrected chi connectivity index (χ1v) is 6.11. The van der Waals surface area contributed by atoms with Gasteiger partial charge in [0.2, 0.25) is 0 Å². The Morgan fingerprint density at radius 2 is 2.06 bits per heavy atom. The molecule has 0 aromatic heterocycles. The minimum atomic E-state index is -0.787. The van der Waals surface area contributed by atoms with Crippen LogP contribution in [0, 0.1) is 5.82 Å². The van der Waals surface area contributed by atoms with Crippen LogP contribution in [0.2, 0.25) is 0 Å². The largest absolute Gasteiger partial charge is 0.481 e. The Labute approximate surface area is 107 Å². The minimum Gasteiger partial charge on any atom is -0.481 e. The van der Waals surface area contributed by atoms with Gasteiger partial charge < -0.3 is 10.4 Å². The molecule has 0 atom stereocenters. The lowest BCUT2D eigenvalue weighted by Gasteiger charge is -2.26. The highest BCUT2D eigenvalue weighted by molar-refractivity contribution is 5.66. The molecule has 1 aromatic carbocycles. The number of halogens is 1. The molecule has 4 heteroatoms. The number of aliphatic carboxylic acids is 1. The summed E-state index contributed by atoms with van der Waals surface area (Å²) < 4.78 is 13.7. The molecule has 1 aromatic rings. The number of hydrogen-bond donors (Lipinski definition) is 2. The molecule has 1 rings (SSSR count). The Morgan fingerprint density at radius 3 is 2.67 bits per heavy atom. The van der Waals surface area contributed by atoms with E-state index in [0.29, 0.717) is 25.1 Å². The molecule has 0 saturated carbocycles. The van der Waals surface area contributed by atoms with Gasteiger partial charge in [-0.05, 0) is 24.6 Å². The van der Waals surface area contributed by atoms with E-state index in [2.05, 4.69) is 5.32 Å². The molecule has 0 heterocycles. The lowest BCUT2D eigenvalue weighted by Crippen LogP contribution is -2.34. The van der Waals surface area contributed by atoms with Gasteiger partial charge in [0.25, 0.3) is 0 Å². The third-order valence-electron chi connectivity index (χ3n) is 2.91. The van der Waals surface area contributed by atoms with Crippen molar-refractivity contribution >= 4 is 5.97 Å². The second kappa shape index (κ2) is 6.50. The number of rotatable bonds is 7. The van der Waals surface area contributed by atoms with Crippen LogP contribution in [0.1, 0.15) is 32.3 Å². The van der Waals surface area contributed by atoms with E-state index in [1.165, 1.54) is 6.07 Å². The van der Waals surface area contributed by atoms with Gasteiger partial charge in [-0.25, -0.2) is 4.39 Å². The van der Waals surface area contributed by atoms with Gasteiger partial charge in [0.1, 0.15) is 5.82 Å². The number of benzene rings is 1. The van der Waals surface area contributed by atoms with E-state index in [4.69, 9.17) is 5.11 Å². The van der Waals surface area contributed by atoms with E-state index >= 15 is 0 Å². The zero-order valence-electron chi connectivity index (χ0n) is 10.9. The van der Waals surface area contributed by atoms with E-state index in [1.807, 2.05) is 19.9 Å². The summed E-state index contributed by atoms with van der Waals surface area (Å²) in [5.74, 6) is -0.986. The summed E-state index contributed by atoms with van der Waals surface area (Å²) in [6.45, 7) is 5.18. The highest BCUT2D eigenvalue weighted by Crippen LogP contribution is 2.24. The zero-order valence-corrected chi connectivity index (χ0v) is 10.9. The van der Waals surface area contributed by atoms with Crippen LogP contribution in [0.3, 0.4) is 0 Å². The average Bonchev–Trinajstić information content (AvgIpc) is 2.28. The van der Waals surface area contributed by atoms with Gasteiger partial charge in [0.05, 0.1) is 0 Å². The first-order valence-electron chi connectivity index (χ1n) is 6.11. The summed E-state index contributed by atoms with van der Waals surface area (Å²) in [6.07, 6.45) is 0.746. The van der Waals surface area contributed by atoms with Crippen molar-refractivity contribution < 1.29 is 14.3 Å². The maximum atomic E-state index is 13.7. The Balaban J connectivity index is 2.45. The number of carbonyl (C=O) groups is 1. The van der Waals surface area contributed by atoms with Crippen LogP contribution in [0.15, 0.2) is 24.3 Å². The van der Waals surface area contributed by atoms with E-state index in [-0.39, 0.29) is 17.7 Å². The summed E-state index contributed by atoms with van der Waals surface area (Å²) in [6, 6.07) is 6.75. The van der Waals surface area contributed by atoms with Gasteiger partial charge in [0, 0.05) is 18.4 Å². The smallest absolute Gasteiger partial charge is 0.303 e. The van der Waals surface area contributed by atoms with Crippen LogP contribution in [0.5, 0.6) is 0 Å². The second-order valence-corrected chi connectivity index (χ2v) is 5.04. The summed E-state index contributed by atoms with van der Waals surface area (Å²) in [5, 5.41) is 11.7. The quantitative estimate of drug-likeness (QED) is 0.734. The normalized spacial score (nSPS) is 11.5. The van der Waals surface area contributed by atoms with Crippen molar-refractivity contribution in [3.63, 3.8) is 0 Å². The number of hydrogen-bond acceptors (Lipinski definition) is 2. The molecule has 18 heavy (non-hydrogen) atoms. The fourth-order valence-electron chi connectivity index (χ4n) is 1.87. The molecule has 0 spiro atoms. The molecule has 0 unspecified atom stereocenters. The van der Waals surface area contributed by atoms with Crippen LogP contribution in [0.25, 0.3) is 0 Å². The van der Waals surface area contributed by atoms with E-state index in [0.717, 1.165) is 0 Å². The lowest BCUT2D eigenvalue weighted by molar-refractivity contribution is -0.137. The number of carboxylic acids is 1. The maximum absolute atomic E-state index is 13.7. The van der Waals surface area contributed by atoms with Crippen molar-refractivity contribution in [1.29, 1.82) is 0 Å². The molecule has 0 saturated heterocycles. The Bertz CT molecular complexity index is 405.